The van der Waals surface area contributed by atoms with Crippen molar-refractivity contribution in [3.8, 4) is 0 Å². The quantitative estimate of drug-likeness (QED) is 0.693. The highest BCUT2D eigenvalue weighted by Gasteiger charge is 2.20. The van der Waals surface area contributed by atoms with E-state index in [1.54, 1.807) is 18.3 Å². The molecule has 2 aromatic rings. The van der Waals surface area contributed by atoms with Gasteiger partial charge in [-0.15, -0.1) is 0 Å². The van der Waals surface area contributed by atoms with Gasteiger partial charge in [0.2, 0.25) is 0 Å². The van der Waals surface area contributed by atoms with E-state index in [9.17, 15) is 14.9 Å². The van der Waals surface area contributed by atoms with Gasteiger partial charge in [-0.05, 0) is 18.2 Å². The van der Waals surface area contributed by atoms with Crippen molar-refractivity contribution in [2.24, 2.45) is 0 Å². The van der Waals surface area contributed by atoms with E-state index in [-0.39, 0.29) is 15.6 Å². The van der Waals surface area contributed by atoms with Gasteiger partial charge in [-0.1, -0.05) is 23.2 Å². The van der Waals surface area contributed by atoms with E-state index < -0.39 is 16.5 Å². The Morgan fingerprint density at radius 2 is 2.10 bits per heavy atom. The minimum Gasteiger partial charge on any atom is -0.321 e. The van der Waals surface area contributed by atoms with Crippen LogP contribution in [0.5, 0.6) is 0 Å². The summed E-state index contributed by atoms with van der Waals surface area (Å²) in [4.78, 5) is 26.0. The summed E-state index contributed by atoms with van der Waals surface area (Å²) in [6.45, 7) is 0. The highest BCUT2D eigenvalue weighted by molar-refractivity contribution is 6.43. The molecule has 8 heteroatoms. The first-order chi connectivity index (χ1) is 9.49. The Morgan fingerprint density at radius 3 is 2.70 bits per heavy atom. The third kappa shape index (κ3) is 3.04. The van der Waals surface area contributed by atoms with E-state index >= 15 is 0 Å². The summed E-state index contributed by atoms with van der Waals surface area (Å²) in [6.07, 6.45) is 3.00. The molecule has 1 N–H and O–H groups in total. The predicted molar refractivity (Wildman–Crippen MR) is 75.3 cm³/mol. The normalized spacial score (nSPS) is 10.1. The molecule has 0 fully saturated rings. The second-order valence-corrected chi connectivity index (χ2v) is 4.53. The fourth-order valence-corrected chi connectivity index (χ4v) is 1.87. The number of carbonyl (C=O) groups is 1. The van der Waals surface area contributed by atoms with Crippen molar-refractivity contribution < 1.29 is 9.72 Å². The maximum absolute atomic E-state index is 12.0. The van der Waals surface area contributed by atoms with Crippen LogP contribution in [-0.4, -0.2) is 15.8 Å². The Balaban J connectivity index is 2.33. The lowest BCUT2D eigenvalue weighted by atomic mass is 10.2. The first-order valence-electron chi connectivity index (χ1n) is 5.34. The van der Waals surface area contributed by atoms with Crippen molar-refractivity contribution in [3.05, 3.63) is 62.4 Å². The molecule has 0 unspecified atom stereocenters. The summed E-state index contributed by atoms with van der Waals surface area (Å²) >= 11 is 11.5. The average Bonchev–Trinajstić information content (AvgIpc) is 2.42. The van der Waals surface area contributed by atoms with Crippen molar-refractivity contribution in [1.29, 1.82) is 0 Å². The lowest BCUT2D eigenvalue weighted by Crippen LogP contribution is -2.12. The predicted octanol–water partition coefficient (Wildman–Crippen LogP) is 3.55. The number of hydrogen-bond acceptors (Lipinski definition) is 4. The highest BCUT2D eigenvalue weighted by Crippen LogP contribution is 2.33. The van der Waals surface area contributed by atoms with Crippen LogP contribution in [0.4, 0.5) is 11.4 Å². The fourth-order valence-electron chi connectivity index (χ4n) is 1.48. The first-order valence-corrected chi connectivity index (χ1v) is 6.09. The number of nitro groups is 1. The fraction of sp³-hybridized carbons (Fsp3) is 0. The molecule has 20 heavy (non-hydrogen) atoms. The van der Waals surface area contributed by atoms with Crippen molar-refractivity contribution in [2.45, 2.75) is 0 Å². The third-order valence-electron chi connectivity index (χ3n) is 2.39. The molecule has 0 aliphatic heterocycles. The van der Waals surface area contributed by atoms with E-state index in [0.29, 0.717) is 5.69 Å². The van der Waals surface area contributed by atoms with Crippen LogP contribution >= 0.6 is 23.2 Å². The number of nitro benzene ring substituents is 1. The Kier molecular flexibility index (Phi) is 4.16. The number of hydrogen-bond donors (Lipinski definition) is 1. The van der Waals surface area contributed by atoms with Crippen LogP contribution < -0.4 is 5.32 Å². The molecule has 1 aromatic heterocycles. The zero-order valence-electron chi connectivity index (χ0n) is 9.84. The number of nitrogens with one attached hydrogen (secondary N) is 1. The summed E-state index contributed by atoms with van der Waals surface area (Å²) in [7, 11) is 0. The zero-order valence-corrected chi connectivity index (χ0v) is 11.4. The molecule has 0 saturated heterocycles. The second kappa shape index (κ2) is 5.85. The molecule has 1 amide bonds. The van der Waals surface area contributed by atoms with E-state index in [2.05, 4.69) is 10.3 Å². The standard InChI is InChI=1S/C12H7Cl2N3O3/c13-9-4-7(5-10(11(9)14)17(19)20)12(18)16-8-2-1-3-15-6-8/h1-6H,(H,16,18). The number of aromatic nitrogens is 1. The van der Waals surface area contributed by atoms with Gasteiger partial charge in [0.1, 0.15) is 5.02 Å². The van der Waals surface area contributed by atoms with Gasteiger partial charge in [0.15, 0.2) is 0 Å². The Morgan fingerprint density at radius 1 is 1.35 bits per heavy atom. The van der Waals surface area contributed by atoms with E-state index in [0.717, 1.165) is 6.07 Å². The van der Waals surface area contributed by atoms with Crippen LogP contribution in [0.15, 0.2) is 36.7 Å². The Hall–Kier alpha value is -2.18. The first kappa shape index (κ1) is 14.2. The minimum absolute atomic E-state index is 0.0370. The molecule has 0 bridgehead atoms. The molecular formula is C12H7Cl2N3O3. The maximum Gasteiger partial charge on any atom is 0.290 e. The van der Waals surface area contributed by atoms with Crippen LogP contribution in [0.1, 0.15) is 10.4 Å². The van der Waals surface area contributed by atoms with Crippen LogP contribution in [0.2, 0.25) is 10.0 Å². The lowest BCUT2D eigenvalue weighted by molar-refractivity contribution is -0.384. The molecule has 102 valence electrons. The minimum atomic E-state index is -0.699. The number of nitrogens with zero attached hydrogens (tertiary/aromatic N) is 2. The molecule has 6 nitrogen and oxygen atoms in total. The Labute approximate surface area is 123 Å². The molecule has 0 aliphatic rings. The molecule has 0 aliphatic carbocycles. The van der Waals surface area contributed by atoms with Gasteiger partial charge in [0.25, 0.3) is 11.6 Å². The molecule has 1 heterocycles. The molecule has 0 radical (unpaired) electrons. The number of anilines is 1. The second-order valence-electron chi connectivity index (χ2n) is 3.74. The van der Waals surface area contributed by atoms with Crippen LogP contribution in [0.25, 0.3) is 0 Å². The average molecular weight is 312 g/mol. The summed E-state index contributed by atoms with van der Waals surface area (Å²) in [6, 6.07) is 5.62. The van der Waals surface area contributed by atoms with Gasteiger partial charge in [0, 0.05) is 17.8 Å². The monoisotopic (exact) mass is 311 g/mol. The molecule has 2 rings (SSSR count). The molecule has 1 aromatic carbocycles. The highest BCUT2D eigenvalue weighted by atomic mass is 35.5. The van der Waals surface area contributed by atoms with Gasteiger partial charge in [-0.25, -0.2) is 0 Å². The summed E-state index contributed by atoms with van der Waals surface area (Å²) in [5.41, 5.74) is 0.0803. The number of pyridine rings is 1. The summed E-state index contributed by atoms with van der Waals surface area (Å²) in [5.74, 6) is -0.542. The van der Waals surface area contributed by atoms with E-state index in [1.165, 1.54) is 12.3 Å². The SMILES string of the molecule is O=C(Nc1cccnc1)c1cc(Cl)c(Cl)c([N+](=O)[O-])c1. The topological polar surface area (TPSA) is 85.1 Å². The number of halogens is 2. The molecule has 0 saturated carbocycles. The van der Waals surface area contributed by atoms with E-state index in [4.69, 9.17) is 23.2 Å². The van der Waals surface area contributed by atoms with Crippen molar-refractivity contribution in [2.75, 3.05) is 5.32 Å². The van der Waals surface area contributed by atoms with Crippen molar-refractivity contribution >= 4 is 40.5 Å². The zero-order chi connectivity index (χ0) is 14.7. The van der Waals surface area contributed by atoms with Crippen LogP contribution in [-0.2, 0) is 0 Å². The molecule has 0 spiro atoms. The summed E-state index contributed by atoms with van der Waals surface area (Å²) in [5, 5.41) is 13.1. The van der Waals surface area contributed by atoms with Gasteiger partial charge < -0.3 is 5.32 Å². The molecule has 0 atom stereocenters. The van der Waals surface area contributed by atoms with Gasteiger partial charge >= 0.3 is 0 Å². The van der Waals surface area contributed by atoms with Crippen LogP contribution in [0.3, 0.4) is 0 Å². The lowest BCUT2D eigenvalue weighted by Gasteiger charge is -2.06. The smallest absolute Gasteiger partial charge is 0.290 e. The van der Waals surface area contributed by atoms with E-state index in [1.807, 2.05) is 0 Å². The van der Waals surface area contributed by atoms with Crippen molar-refractivity contribution in [3.63, 3.8) is 0 Å². The van der Waals surface area contributed by atoms with Gasteiger partial charge in [-0.3, -0.25) is 19.9 Å². The number of amides is 1. The Bertz CT molecular complexity index is 677. The van der Waals surface area contributed by atoms with Crippen molar-refractivity contribution in [1.82, 2.24) is 4.98 Å². The van der Waals surface area contributed by atoms with Gasteiger partial charge in [-0.2, -0.15) is 0 Å². The van der Waals surface area contributed by atoms with Crippen LogP contribution in [0, 0.1) is 10.1 Å². The molecular weight excluding hydrogens is 305 g/mol. The maximum atomic E-state index is 12.0. The van der Waals surface area contributed by atoms with Gasteiger partial charge in [0.05, 0.1) is 21.8 Å². The third-order valence-corrected chi connectivity index (χ3v) is 3.18. The number of rotatable bonds is 3. The number of carbonyl (C=O) groups excluding carboxylic acids is 1. The number of benzene rings is 1. The largest absolute Gasteiger partial charge is 0.321 e. The summed E-state index contributed by atoms with van der Waals surface area (Å²) < 4.78 is 0.